The Balaban J connectivity index is 2.22. The lowest BCUT2D eigenvalue weighted by atomic mass is 9.70. The zero-order chi connectivity index (χ0) is 13.1. The molecule has 98 valence electrons. The molecule has 3 heteroatoms. The normalized spacial score (nSPS) is 37.3. The van der Waals surface area contributed by atoms with Crippen molar-refractivity contribution in [1.29, 1.82) is 0 Å². The van der Waals surface area contributed by atoms with Crippen LogP contribution in [0.25, 0.3) is 0 Å². The number of benzene rings is 1. The first-order chi connectivity index (χ1) is 8.43. The molecule has 1 heterocycles. The summed E-state index contributed by atoms with van der Waals surface area (Å²) < 4.78 is 8.73. The fraction of sp³-hybridized carbons (Fsp3) is 0.600. The fourth-order valence-electron chi connectivity index (χ4n) is 3.61. The van der Waals surface area contributed by atoms with Crippen molar-refractivity contribution in [2.75, 3.05) is 4.43 Å². The van der Waals surface area contributed by atoms with E-state index in [9.17, 15) is 0 Å². The number of alkyl halides is 1. The predicted molar refractivity (Wildman–Crippen MR) is 86.9 cm³/mol. The molecule has 0 unspecified atom stereocenters. The average Bonchev–Trinajstić information content (AvgIpc) is 2.52. The van der Waals surface area contributed by atoms with E-state index in [2.05, 4.69) is 71.4 Å². The van der Waals surface area contributed by atoms with E-state index in [1.54, 1.807) is 0 Å². The third-order valence-corrected chi connectivity index (χ3v) is 7.37. The van der Waals surface area contributed by atoms with Gasteiger partial charge in [0.15, 0.2) is 0 Å². The molecule has 0 saturated heterocycles. The highest BCUT2D eigenvalue weighted by atomic mass is 127. The minimum atomic E-state index is 0.0581. The Morgan fingerprint density at radius 2 is 2.17 bits per heavy atom. The first-order valence-corrected chi connectivity index (χ1v) is 8.80. The second kappa shape index (κ2) is 4.11. The molecule has 3 rings (SSSR count). The van der Waals surface area contributed by atoms with E-state index in [0.717, 1.165) is 10.2 Å². The van der Waals surface area contributed by atoms with Crippen molar-refractivity contribution in [3.05, 3.63) is 27.7 Å². The molecule has 1 aliphatic heterocycles. The third-order valence-electron chi connectivity index (χ3n) is 5.23. The lowest BCUT2D eigenvalue weighted by Crippen LogP contribution is -2.49. The van der Waals surface area contributed by atoms with E-state index < -0.39 is 0 Å². The maximum Gasteiger partial charge on any atom is 0.124 e. The molecule has 2 aliphatic rings. The van der Waals surface area contributed by atoms with Gasteiger partial charge in [0.05, 0.1) is 0 Å². The Labute approximate surface area is 131 Å². The van der Waals surface area contributed by atoms with Crippen LogP contribution in [-0.4, -0.2) is 10.0 Å². The summed E-state index contributed by atoms with van der Waals surface area (Å²) in [6, 6.07) is 4.49. The van der Waals surface area contributed by atoms with Crippen LogP contribution in [-0.2, 0) is 5.41 Å². The van der Waals surface area contributed by atoms with Gasteiger partial charge in [0.2, 0.25) is 0 Å². The van der Waals surface area contributed by atoms with Crippen LogP contribution in [0.5, 0.6) is 5.75 Å². The molecular formula is C15H18BrIO. The number of hydrogen-bond donors (Lipinski definition) is 0. The van der Waals surface area contributed by atoms with Crippen LogP contribution in [0.3, 0.4) is 0 Å². The molecule has 1 fully saturated rings. The van der Waals surface area contributed by atoms with Crippen molar-refractivity contribution in [2.24, 2.45) is 5.92 Å². The van der Waals surface area contributed by atoms with Crippen LogP contribution >= 0.6 is 38.5 Å². The van der Waals surface area contributed by atoms with Crippen LogP contribution in [0.4, 0.5) is 0 Å². The summed E-state index contributed by atoms with van der Waals surface area (Å²) in [5.41, 5.74) is 2.98. The molecule has 1 aliphatic carbocycles. The molecule has 0 spiro atoms. The number of fused-ring (bicyclic) bond motifs is 4. The molecule has 1 aromatic carbocycles. The van der Waals surface area contributed by atoms with Gasteiger partial charge in [-0.15, -0.1) is 0 Å². The van der Waals surface area contributed by atoms with Crippen LogP contribution in [0.1, 0.15) is 37.8 Å². The average molecular weight is 421 g/mol. The van der Waals surface area contributed by atoms with Crippen molar-refractivity contribution < 1.29 is 4.74 Å². The highest BCUT2D eigenvalue weighted by Crippen LogP contribution is 2.59. The fourth-order valence-corrected chi connectivity index (χ4v) is 5.15. The quantitative estimate of drug-likeness (QED) is 0.458. The van der Waals surface area contributed by atoms with Crippen molar-refractivity contribution in [2.45, 2.75) is 44.6 Å². The molecule has 3 atom stereocenters. The summed E-state index contributed by atoms with van der Waals surface area (Å²) in [5, 5.41) is 0. The van der Waals surface area contributed by atoms with Gasteiger partial charge in [-0.2, -0.15) is 0 Å². The number of ether oxygens (including phenoxy) is 1. The summed E-state index contributed by atoms with van der Waals surface area (Å²) in [6.07, 6.45) is 2.42. The number of rotatable bonds is 1. The monoisotopic (exact) mass is 420 g/mol. The first-order valence-electron chi connectivity index (χ1n) is 6.48. The van der Waals surface area contributed by atoms with E-state index in [-0.39, 0.29) is 11.0 Å². The van der Waals surface area contributed by atoms with E-state index in [1.165, 1.54) is 28.4 Å². The molecule has 1 saturated carbocycles. The smallest absolute Gasteiger partial charge is 0.124 e. The number of hydrogen-bond acceptors (Lipinski definition) is 1. The maximum absolute atomic E-state index is 6.44. The lowest BCUT2D eigenvalue weighted by Gasteiger charge is -2.45. The second-order valence-corrected chi connectivity index (χ2v) is 7.65. The molecule has 0 radical (unpaired) electrons. The van der Waals surface area contributed by atoms with Gasteiger partial charge in [-0.1, -0.05) is 52.4 Å². The number of halogens is 2. The Morgan fingerprint density at radius 3 is 2.83 bits per heavy atom. The van der Waals surface area contributed by atoms with Crippen LogP contribution in [0.15, 0.2) is 16.6 Å². The molecule has 0 N–H and O–H groups in total. The van der Waals surface area contributed by atoms with E-state index >= 15 is 0 Å². The summed E-state index contributed by atoms with van der Waals surface area (Å²) in [5.74, 6) is 1.70. The molecule has 1 nitrogen and oxygen atoms in total. The molecule has 1 aromatic rings. The standard InChI is InChI=1S/C15H18BrIO/c1-9-6-13-11(7-12(9)16)14(3)4-5-15(8-17,18-13)10(14)2/h6-7,10H,4-5,8H2,1-3H3/t10-,14-,15-/m0/s1. The van der Waals surface area contributed by atoms with Crippen molar-refractivity contribution in [3.63, 3.8) is 0 Å². The van der Waals surface area contributed by atoms with Gasteiger partial charge in [0, 0.05) is 25.8 Å². The van der Waals surface area contributed by atoms with Crippen molar-refractivity contribution in [1.82, 2.24) is 0 Å². The molecule has 18 heavy (non-hydrogen) atoms. The highest BCUT2D eigenvalue weighted by Gasteiger charge is 2.58. The van der Waals surface area contributed by atoms with Crippen LogP contribution in [0.2, 0.25) is 0 Å². The Morgan fingerprint density at radius 1 is 1.44 bits per heavy atom. The summed E-state index contributed by atoms with van der Waals surface area (Å²) in [6.45, 7) is 6.91. The first kappa shape index (κ1) is 13.2. The van der Waals surface area contributed by atoms with Crippen LogP contribution < -0.4 is 4.74 Å². The Hall–Kier alpha value is 0.230. The van der Waals surface area contributed by atoms with Gasteiger partial charge in [-0.05, 0) is 37.5 Å². The lowest BCUT2D eigenvalue weighted by molar-refractivity contribution is 0.0287. The predicted octanol–water partition coefficient (Wildman–Crippen LogP) is 5.01. The molecule has 0 aromatic heterocycles. The Bertz CT molecular complexity index is 515. The Kier molecular flexibility index (Phi) is 3.02. The minimum Gasteiger partial charge on any atom is -0.486 e. The van der Waals surface area contributed by atoms with Gasteiger partial charge in [0.25, 0.3) is 0 Å². The van der Waals surface area contributed by atoms with Crippen molar-refractivity contribution >= 4 is 38.5 Å². The van der Waals surface area contributed by atoms with E-state index in [4.69, 9.17) is 4.74 Å². The van der Waals surface area contributed by atoms with Gasteiger partial charge >= 0.3 is 0 Å². The van der Waals surface area contributed by atoms with Gasteiger partial charge in [0.1, 0.15) is 11.4 Å². The van der Waals surface area contributed by atoms with Gasteiger partial charge in [-0.3, -0.25) is 0 Å². The number of aryl methyl sites for hydroxylation is 1. The highest BCUT2D eigenvalue weighted by molar-refractivity contribution is 14.1. The van der Waals surface area contributed by atoms with E-state index in [0.29, 0.717) is 5.92 Å². The molecule has 0 amide bonds. The van der Waals surface area contributed by atoms with Crippen molar-refractivity contribution in [3.8, 4) is 5.75 Å². The van der Waals surface area contributed by atoms with E-state index in [1.807, 2.05) is 0 Å². The maximum atomic E-state index is 6.44. The summed E-state index contributed by atoms with van der Waals surface area (Å²) in [7, 11) is 0. The van der Waals surface area contributed by atoms with Crippen LogP contribution in [0, 0.1) is 12.8 Å². The summed E-state index contributed by atoms with van der Waals surface area (Å²) >= 11 is 6.15. The second-order valence-electron chi connectivity index (χ2n) is 6.04. The van der Waals surface area contributed by atoms with Gasteiger partial charge < -0.3 is 4.74 Å². The zero-order valence-corrected chi connectivity index (χ0v) is 14.8. The summed E-state index contributed by atoms with van der Waals surface area (Å²) in [4.78, 5) is 0. The molecule has 2 bridgehead atoms. The SMILES string of the molecule is Cc1cc2c(cc1Br)[C@@]1(C)CC[C@@](CI)(O2)[C@H]1C. The minimum absolute atomic E-state index is 0.0581. The van der Waals surface area contributed by atoms with Gasteiger partial charge in [-0.25, -0.2) is 0 Å². The zero-order valence-electron chi connectivity index (χ0n) is 11.0. The molecular weight excluding hydrogens is 403 g/mol. The third kappa shape index (κ3) is 1.55. The topological polar surface area (TPSA) is 9.23 Å². The largest absolute Gasteiger partial charge is 0.486 e.